The lowest BCUT2D eigenvalue weighted by Crippen LogP contribution is -2.40. The highest BCUT2D eigenvalue weighted by Gasteiger charge is 2.23. The Labute approximate surface area is 121 Å². The maximum atomic E-state index is 12.1. The topological polar surface area (TPSA) is 58.6 Å². The number of rotatable bonds is 1. The fourth-order valence-corrected chi connectivity index (χ4v) is 3.01. The lowest BCUT2D eigenvalue weighted by Gasteiger charge is -2.26. The van der Waals surface area contributed by atoms with Crippen molar-refractivity contribution in [1.82, 2.24) is 4.90 Å². The Morgan fingerprint density at radius 2 is 2.05 bits per heavy atom. The van der Waals surface area contributed by atoms with Crippen molar-refractivity contribution in [2.45, 2.75) is 4.90 Å². The van der Waals surface area contributed by atoms with Gasteiger partial charge >= 0.3 is 0 Å². The predicted molar refractivity (Wildman–Crippen MR) is 76.4 cm³/mol. The molecule has 2 aliphatic heterocycles. The fourth-order valence-electron chi connectivity index (χ4n) is 2.09. The molecule has 0 unspecified atom stereocenters. The minimum Gasteiger partial charge on any atom is -0.378 e. The van der Waals surface area contributed by atoms with Crippen LogP contribution in [0.4, 0.5) is 5.69 Å². The third-order valence-electron chi connectivity index (χ3n) is 3.16. The van der Waals surface area contributed by atoms with Gasteiger partial charge in [0, 0.05) is 24.1 Å². The molecule has 20 heavy (non-hydrogen) atoms. The first kappa shape index (κ1) is 13.2. The molecule has 0 bridgehead atoms. The average Bonchev–Trinajstić information content (AvgIpc) is 2.49. The smallest absolute Gasteiger partial charge is 0.262 e. The van der Waals surface area contributed by atoms with E-state index in [-0.39, 0.29) is 11.8 Å². The molecule has 0 aliphatic carbocycles. The van der Waals surface area contributed by atoms with Crippen LogP contribution in [0.1, 0.15) is 0 Å². The number of fused-ring (bicyclic) bond motifs is 1. The number of nitrogens with zero attached hydrogens (tertiary/aromatic N) is 1. The molecule has 0 radical (unpaired) electrons. The van der Waals surface area contributed by atoms with Gasteiger partial charge in [0.2, 0.25) is 5.91 Å². The highest BCUT2D eigenvalue weighted by Crippen LogP contribution is 2.37. The summed E-state index contributed by atoms with van der Waals surface area (Å²) >= 11 is 1.33. The molecule has 1 aromatic rings. The molecular weight excluding hydrogens is 276 g/mol. The van der Waals surface area contributed by atoms with E-state index in [9.17, 15) is 9.59 Å². The van der Waals surface area contributed by atoms with Gasteiger partial charge in [0.25, 0.3) is 5.91 Å². The fraction of sp³-hybridized carbons (Fsp3) is 0.286. The summed E-state index contributed by atoms with van der Waals surface area (Å²) in [7, 11) is 0. The van der Waals surface area contributed by atoms with Crippen LogP contribution in [0.5, 0.6) is 0 Å². The van der Waals surface area contributed by atoms with Crippen molar-refractivity contribution in [2.75, 3.05) is 31.6 Å². The molecule has 2 aliphatic rings. The molecule has 0 aromatic heterocycles. The second-order valence-electron chi connectivity index (χ2n) is 4.50. The summed E-state index contributed by atoms with van der Waals surface area (Å²) in [6, 6.07) is 7.55. The van der Waals surface area contributed by atoms with Crippen molar-refractivity contribution in [1.29, 1.82) is 0 Å². The molecule has 1 aromatic carbocycles. The highest BCUT2D eigenvalue weighted by atomic mass is 32.2. The third-order valence-corrected chi connectivity index (χ3v) is 4.26. The Morgan fingerprint density at radius 3 is 2.85 bits per heavy atom. The zero-order chi connectivity index (χ0) is 13.9. The standard InChI is InChI=1S/C14H14N2O3S/c17-13(16-5-7-19-8-6-16)9-12-14(18)15-10-3-1-2-4-11(10)20-12/h1-4,9H,5-8H2,(H,15,18)/b12-9-. The molecule has 1 saturated heterocycles. The zero-order valence-corrected chi connectivity index (χ0v) is 11.6. The number of nitrogens with one attached hydrogen (secondary N) is 1. The van der Waals surface area contributed by atoms with E-state index in [0.29, 0.717) is 31.2 Å². The van der Waals surface area contributed by atoms with Gasteiger partial charge in [-0.1, -0.05) is 23.9 Å². The van der Waals surface area contributed by atoms with Gasteiger partial charge in [0.15, 0.2) is 0 Å². The van der Waals surface area contributed by atoms with Crippen LogP contribution in [0.15, 0.2) is 40.1 Å². The van der Waals surface area contributed by atoms with E-state index in [1.165, 1.54) is 17.8 Å². The summed E-state index contributed by atoms with van der Waals surface area (Å²) in [6.07, 6.45) is 1.42. The Hall–Kier alpha value is -1.79. The van der Waals surface area contributed by atoms with Crippen molar-refractivity contribution in [3.05, 3.63) is 35.2 Å². The second kappa shape index (κ2) is 5.68. The van der Waals surface area contributed by atoms with Gasteiger partial charge in [-0.05, 0) is 12.1 Å². The molecule has 0 atom stereocenters. The number of amides is 2. The number of para-hydroxylation sites is 1. The zero-order valence-electron chi connectivity index (χ0n) is 10.8. The number of anilines is 1. The summed E-state index contributed by atoms with van der Waals surface area (Å²) in [5, 5.41) is 2.79. The van der Waals surface area contributed by atoms with Gasteiger partial charge in [0.05, 0.1) is 23.8 Å². The van der Waals surface area contributed by atoms with Gasteiger partial charge in [-0.25, -0.2) is 0 Å². The number of ether oxygens (including phenoxy) is 1. The van der Waals surface area contributed by atoms with Crippen LogP contribution in [0.25, 0.3) is 0 Å². The molecule has 5 nitrogen and oxygen atoms in total. The van der Waals surface area contributed by atoms with E-state index in [1.807, 2.05) is 24.3 Å². The number of carbonyl (C=O) groups is 2. The molecule has 0 spiro atoms. The largest absolute Gasteiger partial charge is 0.378 e. The van der Waals surface area contributed by atoms with E-state index in [2.05, 4.69) is 5.32 Å². The number of hydrogen-bond donors (Lipinski definition) is 1. The van der Waals surface area contributed by atoms with Crippen LogP contribution in [0.2, 0.25) is 0 Å². The lowest BCUT2D eigenvalue weighted by molar-refractivity contribution is -0.130. The number of benzene rings is 1. The van der Waals surface area contributed by atoms with Crippen LogP contribution in [0, 0.1) is 0 Å². The van der Waals surface area contributed by atoms with Crippen molar-refractivity contribution in [3.8, 4) is 0 Å². The lowest BCUT2D eigenvalue weighted by atomic mass is 10.3. The first-order chi connectivity index (χ1) is 9.74. The van der Waals surface area contributed by atoms with E-state index in [1.54, 1.807) is 4.90 Å². The van der Waals surface area contributed by atoms with Crippen LogP contribution in [-0.2, 0) is 14.3 Å². The van der Waals surface area contributed by atoms with Crippen molar-refractivity contribution in [3.63, 3.8) is 0 Å². The molecule has 1 N–H and O–H groups in total. The summed E-state index contributed by atoms with van der Waals surface area (Å²) in [5.41, 5.74) is 0.790. The van der Waals surface area contributed by atoms with Crippen molar-refractivity contribution >= 4 is 29.3 Å². The normalized spacial score (nSPS) is 20.5. The Kier molecular flexibility index (Phi) is 3.75. The van der Waals surface area contributed by atoms with Gasteiger partial charge in [-0.3, -0.25) is 9.59 Å². The highest BCUT2D eigenvalue weighted by molar-refractivity contribution is 8.04. The van der Waals surface area contributed by atoms with E-state index >= 15 is 0 Å². The molecule has 3 rings (SSSR count). The van der Waals surface area contributed by atoms with Crippen LogP contribution in [0.3, 0.4) is 0 Å². The monoisotopic (exact) mass is 290 g/mol. The summed E-state index contributed by atoms with van der Waals surface area (Å²) in [4.78, 5) is 27.2. The molecule has 1 fully saturated rings. The number of thioether (sulfide) groups is 1. The first-order valence-electron chi connectivity index (χ1n) is 6.40. The summed E-state index contributed by atoms with van der Waals surface area (Å²) in [6.45, 7) is 2.26. The minimum atomic E-state index is -0.227. The molecule has 2 amide bonds. The summed E-state index contributed by atoms with van der Waals surface area (Å²) in [5.74, 6) is -0.361. The number of morpholine rings is 1. The van der Waals surface area contributed by atoms with E-state index in [4.69, 9.17) is 4.74 Å². The minimum absolute atomic E-state index is 0.134. The molecule has 0 saturated carbocycles. The van der Waals surface area contributed by atoms with Crippen LogP contribution < -0.4 is 5.32 Å². The quantitative estimate of drug-likeness (QED) is 0.796. The maximum absolute atomic E-state index is 12.1. The predicted octanol–water partition coefficient (Wildman–Crippen LogP) is 1.47. The van der Waals surface area contributed by atoms with E-state index < -0.39 is 0 Å². The summed E-state index contributed by atoms with van der Waals surface area (Å²) < 4.78 is 5.21. The number of carbonyl (C=O) groups excluding carboxylic acids is 2. The van der Waals surface area contributed by atoms with Gasteiger partial charge in [0.1, 0.15) is 0 Å². The average molecular weight is 290 g/mol. The first-order valence-corrected chi connectivity index (χ1v) is 7.22. The van der Waals surface area contributed by atoms with Crippen molar-refractivity contribution < 1.29 is 14.3 Å². The Bertz CT molecular complexity index is 580. The van der Waals surface area contributed by atoms with Gasteiger partial charge in [-0.15, -0.1) is 0 Å². The molecule has 6 heteroatoms. The molecular formula is C14H14N2O3S. The second-order valence-corrected chi connectivity index (χ2v) is 5.58. The van der Waals surface area contributed by atoms with Crippen LogP contribution >= 0.6 is 11.8 Å². The molecule has 2 heterocycles. The number of hydrogen-bond acceptors (Lipinski definition) is 4. The Morgan fingerprint density at radius 1 is 1.30 bits per heavy atom. The van der Waals surface area contributed by atoms with Crippen LogP contribution in [-0.4, -0.2) is 43.0 Å². The SMILES string of the molecule is O=C1Nc2ccccc2S/C1=C\C(=O)N1CCOCC1. The van der Waals surface area contributed by atoms with Gasteiger partial charge in [-0.2, -0.15) is 0 Å². The molecule has 104 valence electrons. The third kappa shape index (κ3) is 2.71. The Balaban J connectivity index is 1.78. The maximum Gasteiger partial charge on any atom is 0.262 e. The van der Waals surface area contributed by atoms with Crippen molar-refractivity contribution in [2.24, 2.45) is 0 Å². The van der Waals surface area contributed by atoms with E-state index in [0.717, 1.165) is 10.6 Å². The van der Waals surface area contributed by atoms with Gasteiger partial charge < -0.3 is 15.0 Å².